The third kappa shape index (κ3) is 2.93. The quantitative estimate of drug-likeness (QED) is 0.797. The van der Waals surface area contributed by atoms with Crippen molar-refractivity contribution in [2.24, 2.45) is 0 Å². The maximum absolute atomic E-state index is 13.5. The predicted molar refractivity (Wildman–Crippen MR) is 80.8 cm³/mol. The molecule has 0 spiro atoms. The zero-order valence-electron chi connectivity index (χ0n) is 12.3. The highest BCUT2D eigenvalue weighted by Crippen LogP contribution is 2.37. The SMILES string of the molecule is Cc1ccc(Oc2cccc(F)c2N)c(C(C)(C)C)c1. The Bertz CT molecular complexity index is 629. The fourth-order valence-corrected chi connectivity index (χ4v) is 2.04. The van der Waals surface area contributed by atoms with Gasteiger partial charge in [-0.1, -0.05) is 44.5 Å². The van der Waals surface area contributed by atoms with Crippen molar-refractivity contribution < 1.29 is 9.13 Å². The summed E-state index contributed by atoms with van der Waals surface area (Å²) in [5, 5.41) is 0. The number of benzene rings is 2. The van der Waals surface area contributed by atoms with Gasteiger partial charge in [0.2, 0.25) is 0 Å². The first-order chi connectivity index (χ1) is 9.29. The van der Waals surface area contributed by atoms with Crippen molar-refractivity contribution in [1.82, 2.24) is 0 Å². The topological polar surface area (TPSA) is 35.2 Å². The summed E-state index contributed by atoms with van der Waals surface area (Å²) in [6, 6.07) is 10.5. The van der Waals surface area contributed by atoms with Crippen LogP contribution in [0, 0.1) is 12.7 Å². The van der Waals surface area contributed by atoms with Crippen LogP contribution in [0.1, 0.15) is 31.9 Å². The number of ether oxygens (including phenoxy) is 1. The summed E-state index contributed by atoms with van der Waals surface area (Å²) in [6.07, 6.45) is 0. The normalized spacial score (nSPS) is 11.4. The summed E-state index contributed by atoms with van der Waals surface area (Å²) in [4.78, 5) is 0. The molecule has 0 bridgehead atoms. The predicted octanol–water partition coefficient (Wildman–Crippen LogP) is 4.81. The Kier molecular flexibility index (Phi) is 3.71. The van der Waals surface area contributed by atoms with E-state index in [1.165, 1.54) is 6.07 Å². The Hall–Kier alpha value is -2.03. The summed E-state index contributed by atoms with van der Waals surface area (Å²) < 4.78 is 19.3. The summed E-state index contributed by atoms with van der Waals surface area (Å²) in [5.74, 6) is 0.590. The summed E-state index contributed by atoms with van der Waals surface area (Å²) >= 11 is 0. The molecule has 20 heavy (non-hydrogen) atoms. The van der Waals surface area contributed by atoms with Gasteiger partial charge in [-0.25, -0.2) is 4.39 Å². The molecule has 3 heteroatoms. The highest BCUT2D eigenvalue weighted by molar-refractivity contribution is 5.56. The molecule has 0 aliphatic carbocycles. The minimum Gasteiger partial charge on any atom is -0.455 e. The number of aryl methyl sites for hydroxylation is 1. The molecule has 2 aromatic rings. The molecule has 2 N–H and O–H groups in total. The van der Waals surface area contributed by atoms with Gasteiger partial charge in [0.1, 0.15) is 17.3 Å². The molecule has 0 saturated heterocycles. The van der Waals surface area contributed by atoms with Crippen LogP contribution in [0.2, 0.25) is 0 Å². The van der Waals surface area contributed by atoms with E-state index >= 15 is 0 Å². The van der Waals surface area contributed by atoms with E-state index in [1.54, 1.807) is 12.1 Å². The minimum absolute atomic E-state index is 0.0351. The number of para-hydroxylation sites is 1. The van der Waals surface area contributed by atoms with Gasteiger partial charge in [0.25, 0.3) is 0 Å². The first kappa shape index (κ1) is 14.4. The lowest BCUT2D eigenvalue weighted by atomic mass is 9.85. The van der Waals surface area contributed by atoms with Crippen LogP contribution in [0.4, 0.5) is 10.1 Å². The van der Waals surface area contributed by atoms with Crippen molar-refractivity contribution in [1.29, 1.82) is 0 Å². The van der Waals surface area contributed by atoms with Crippen LogP contribution in [0.15, 0.2) is 36.4 Å². The third-order valence-electron chi connectivity index (χ3n) is 3.18. The zero-order valence-corrected chi connectivity index (χ0v) is 12.3. The Morgan fingerprint density at radius 2 is 1.75 bits per heavy atom. The van der Waals surface area contributed by atoms with Crippen LogP contribution in [0.25, 0.3) is 0 Å². The van der Waals surface area contributed by atoms with E-state index < -0.39 is 5.82 Å². The van der Waals surface area contributed by atoms with Crippen LogP contribution < -0.4 is 10.5 Å². The van der Waals surface area contributed by atoms with Crippen molar-refractivity contribution in [2.45, 2.75) is 33.1 Å². The highest BCUT2D eigenvalue weighted by Gasteiger charge is 2.20. The van der Waals surface area contributed by atoms with E-state index in [2.05, 4.69) is 26.8 Å². The van der Waals surface area contributed by atoms with Crippen molar-refractivity contribution >= 4 is 5.69 Å². The Morgan fingerprint density at radius 3 is 2.40 bits per heavy atom. The number of anilines is 1. The lowest BCUT2D eigenvalue weighted by Crippen LogP contribution is -2.13. The highest BCUT2D eigenvalue weighted by atomic mass is 19.1. The molecule has 0 atom stereocenters. The number of hydrogen-bond acceptors (Lipinski definition) is 2. The third-order valence-corrected chi connectivity index (χ3v) is 3.18. The van der Waals surface area contributed by atoms with Crippen molar-refractivity contribution in [3.05, 3.63) is 53.3 Å². The van der Waals surface area contributed by atoms with Crippen LogP contribution in [0.3, 0.4) is 0 Å². The van der Waals surface area contributed by atoms with Crippen molar-refractivity contribution in [3.63, 3.8) is 0 Å². The smallest absolute Gasteiger partial charge is 0.153 e. The second kappa shape index (κ2) is 5.16. The van der Waals surface area contributed by atoms with Crippen LogP contribution >= 0.6 is 0 Å². The second-order valence-corrected chi connectivity index (χ2v) is 6.00. The number of nitrogen functional groups attached to an aromatic ring is 1. The fourth-order valence-electron chi connectivity index (χ4n) is 2.04. The minimum atomic E-state index is -0.466. The molecule has 0 fully saturated rings. The lowest BCUT2D eigenvalue weighted by molar-refractivity contribution is 0.454. The molecule has 2 rings (SSSR count). The summed E-state index contributed by atoms with van der Waals surface area (Å²) in [7, 11) is 0. The molecule has 0 unspecified atom stereocenters. The van der Waals surface area contributed by atoms with E-state index in [1.807, 2.05) is 19.1 Å². The molecule has 0 saturated carbocycles. The number of rotatable bonds is 2. The molecule has 0 amide bonds. The van der Waals surface area contributed by atoms with E-state index in [-0.39, 0.29) is 11.1 Å². The van der Waals surface area contributed by atoms with Gasteiger partial charge in [-0.15, -0.1) is 0 Å². The number of halogens is 1. The van der Waals surface area contributed by atoms with Gasteiger partial charge in [0, 0.05) is 5.56 Å². The van der Waals surface area contributed by atoms with E-state index in [4.69, 9.17) is 10.5 Å². The van der Waals surface area contributed by atoms with Crippen molar-refractivity contribution in [2.75, 3.05) is 5.73 Å². The molecule has 0 aliphatic rings. The summed E-state index contributed by atoms with van der Waals surface area (Å²) in [5.41, 5.74) is 7.92. The second-order valence-electron chi connectivity index (χ2n) is 6.00. The summed E-state index contributed by atoms with van der Waals surface area (Å²) in [6.45, 7) is 8.38. The lowest BCUT2D eigenvalue weighted by Gasteiger charge is -2.23. The molecule has 2 aromatic carbocycles. The van der Waals surface area contributed by atoms with Crippen molar-refractivity contribution in [3.8, 4) is 11.5 Å². The molecule has 0 heterocycles. The molecular formula is C17H20FNO. The van der Waals surface area contributed by atoms with Gasteiger partial charge in [-0.3, -0.25) is 0 Å². The van der Waals surface area contributed by atoms with Gasteiger partial charge in [-0.05, 0) is 30.5 Å². The molecular weight excluding hydrogens is 253 g/mol. The number of hydrogen-bond donors (Lipinski definition) is 1. The van der Waals surface area contributed by atoms with Crippen LogP contribution in [-0.2, 0) is 5.41 Å². The molecule has 2 nitrogen and oxygen atoms in total. The van der Waals surface area contributed by atoms with Gasteiger partial charge < -0.3 is 10.5 Å². The molecule has 0 aliphatic heterocycles. The molecule has 0 aromatic heterocycles. The Morgan fingerprint density at radius 1 is 1.05 bits per heavy atom. The van der Waals surface area contributed by atoms with Gasteiger partial charge >= 0.3 is 0 Å². The molecule has 106 valence electrons. The zero-order chi connectivity index (χ0) is 14.9. The van der Waals surface area contributed by atoms with Crippen LogP contribution in [-0.4, -0.2) is 0 Å². The first-order valence-corrected chi connectivity index (χ1v) is 6.62. The molecule has 0 radical (unpaired) electrons. The van der Waals surface area contributed by atoms with Gasteiger partial charge in [-0.2, -0.15) is 0 Å². The monoisotopic (exact) mass is 273 g/mol. The van der Waals surface area contributed by atoms with E-state index in [0.29, 0.717) is 11.5 Å². The van der Waals surface area contributed by atoms with Gasteiger partial charge in [0.05, 0.1) is 0 Å². The largest absolute Gasteiger partial charge is 0.455 e. The average molecular weight is 273 g/mol. The maximum atomic E-state index is 13.5. The Balaban J connectivity index is 2.46. The Labute approximate surface area is 119 Å². The number of nitrogens with two attached hydrogens (primary N) is 1. The standard InChI is InChI=1S/C17H20FNO/c1-11-8-9-14(12(10-11)17(2,3)4)20-15-7-5-6-13(18)16(15)19/h5-10H,19H2,1-4H3. The van der Waals surface area contributed by atoms with Gasteiger partial charge in [0.15, 0.2) is 5.75 Å². The fraction of sp³-hybridized carbons (Fsp3) is 0.294. The first-order valence-electron chi connectivity index (χ1n) is 6.62. The van der Waals surface area contributed by atoms with E-state index in [0.717, 1.165) is 11.1 Å². The average Bonchev–Trinajstić information content (AvgIpc) is 2.36. The van der Waals surface area contributed by atoms with E-state index in [9.17, 15) is 4.39 Å². The van der Waals surface area contributed by atoms with Crippen LogP contribution in [0.5, 0.6) is 11.5 Å². The maximum Gasteiger partial charge on any atom is 0.153 e.